The van der Waals surface area contributed by atoms with Gasteiger partial charge in [0.2, 0.25) is 0 Å². The predicted molar refractivity (Wildman–Crippen MR) is 69.8 cm³/mol. The summed E-state index contributed by atoms with van der Waals surface area (Å²) in [5.41, 5.74) is 0.0113. The number of aliphatic carboxylic acids is 1. The third-order valence-corrected chi connectivity index (χ3v) is 2.54. The van der Waals surface area contributed by atoms with Crippen LogP contribution in [0.5, 0.6) is 5.75 Å². The average Bonchev–Trinajstić information content (AvgIpc) is 2.25. The van der Waals surface area contributed by atoms with Gasteiger partial charge >= 0.3 is 5.97 Å². The van der Waals surface area contributed by atoms with E-state index in [1.165, 1.54) is 12.1 Å². The van der Waals surface area contributed by atoms with Crippen molar-refractivity contribution in [2.75, 3.05) is 27.7 Å². The first-order valence-corrected chi connectivity index (χ1v) is 6.18. The zero-order chi connectivity index (χ0) is 15.3. The third kappa shape index (κ3) is 5.27. The molecule has 6 nitrogen and oxygen atoms in total. The highest BCUT2D eigenvalue weighted by molar-refractivity contribution is 5.92. The van der Waals surface area contributed by atoms with E-state index >= 15 is 0 Å². The Morgan fingerprint density at radius 1 is 1.30 bits per heavy atom. The van der Waals surface area contributed by atoms with Crippen molar-refractivity contribution in [3.8, 4) is 5.75 Å². The van der Waals surface area contributed by atoms with Gasteiger partial charge in [-0.05, 0) is 12.1 Å². The molecule has 1 rings (SSSR count). The van der Waals surface area contributed by atoms with Crippen LogP contribution < -0.4 is 5.11 Å². The van der Waals surface area contributed by atoms with Crippen molar-refractivity contribution < 1.29 is 29.0 Å². The minimum absolute atomic E-state index is 0.0113. The smallest absolute Gasteiger partial charge is 0.342 e. The molecular formula is C14H19NO5. The molecule has 1 aromatic carbocycles. The van der Waals surface area contributed by atoms with Crippen LogP contribution in [0.3, 0.4) is 0 Å². The van der Waals surface area contributed by atoms with Crippen LogP contribution in [0.25, 0.3) is 0 Å². The molecule has 1 aromatic rings. The molecule has 6 heteroatoms. The number of carbonyl (C=O) groups is 2. The maximum atomic E-state index is 11.9. The Morgan fingerprint density at radius 3 is 2.40 bits per heavy atom. The van der Waals surface area contributed by atoms with Crippen LogP contribution in [-0.2, 0) is 9.53 Å². The van der Waals surface area contributed by atoms with E-state index in [1.807, 2.05) is 21.1 Å². The summed E-state index contributed by atoms with van der Waals surface area (Å²) in [5, 5.41) is 20.3. The van der Waals surface area contributed by atoms with Gasteiger partial charge in [-0.2, -0.15) is 0 Å². The topological polar surface area (TPSA) is 86.7 Å². The van der Waals surface area contributed by atoms with E-state index in [9.17, 15) is 19.8 Å². The second kappa shape index (κ2) is 6.38. The molecule has 0 aliphatic rings. The number of hydrogen-bond acceptors (Lipinski definition) is 5. The van der Waals surface area contributed by atoms with E-state index in [-0.39, 0.29) is 17.7 Å². The van der Waals surface area contributed by atoms with Gasteiger partial charge in [-0.3, -0.25) is 0 Å². The first-order valence-electron chi connectivity index (χ1n) is 6.18. The number of carbonyl (C=O) groups excluding carboxylic acids is 2. The van der Waals surface area contributed by atoms with E-state index in [0.717, 1.165) is 0 Å². The van der Waals surface area contributed by atoms with Crippen molar-refractivity contribution in [3.63, 3.8) is 0 Å². The van der Waals surface area contributed by atoms with Crippen LogP contribution >= 0.6 is 0 Å². The molecule has 1 N–H and O–H groups in total. The number of carboxylic acids is 1. The summed E-state index contributed by atoms with van der Waals surface area (Å²) in [7, 11) is 5.57. The van der Waals surface area contributed by atoms with E-state index < -0.39 is 18.0 Å². The summed E-state index contributed by atoms with van der Waals surface area (Å²) in [4.78, 5) is 22.7. The number of phenols is 1. The minimum Gasteiger partial charge on any atom is -0.550 e. The summed E-state index contributed by atoms with van der Waals surface area (Å²) in [6, 6.07) is 5.95. The number of quaternary nitrogens is 1. The Bertz CT molecular complexity index is 493. The number of nitrogens with zero attached hydrogens (tertiary/aromatic N) is 1. The van der Waals surface area contributed by atoms with E-state index in [0.29, 0.717) is 11.0 Å². The maximum Gasteiger partial charge on any atom is 0.342 e. The Balaban J connectivity index is 2.81. The molecule has 0 radical (unpaired) electrons. The number of rotatable bonds is 6. The molecule has 1 unspecified atom stereocenters. The molecule has 0 heterocycles. The van der Waals surface area contributed by atoms with Crippen LogP contribution in [-0.4, -0.2) is 55.3 Å². The van der Waals surface area contributed by atoms with E-state index in [4.69, 9.17) is 4.74 Å². The normalized spacial score (nSPS) is 12.8. The lowest BCUT2D eigenvalue weighted by molar-refractivity contribution is -0.873. The van der Waals surface area contributed by atoms with Crippen molar-refractivity contribution >= 4 is 11.9 Å². The lowest BCUT2D eigenvalue weighted by Crippen LogP contribution is -2.45. The summed E-state index contributed by atoms with van der Waals surface area (Å²) >= 11 is 0. The SMILES string of the molecule is C[N+](C)(C)CC(CC(=O)[O-])OC(=O)c1ccccc1O. The van der Waals surface area contributed by atoms with Gasteiger partial charge in [0.25, 0.3) is 0 Å². The second-order valence-electron chi connectivity index (χ2n) is 5.59. The monoisotopic (exact) mass is 281 g/mol. The van der Waals surface area contributed by atoms with Gasteiger partial charge in [0.1, 0.15) is 17.9 Å². The molecule has 0 bridgehead atoms. The fraction of sp³-hybridized carbons (Fsp3) is 0.429. The van der Waals surface area contributed by atoms with Crippen LogP contribution in [0.1, 0.15) is 16.8 Å². The van der Waals surface area contributed by atoms with E-state index in [1.54, 1.807) is 12.1 Å². The van der Waals surface area contributed by atoms with Crippen LogP contribution in [0.4, 0.5) is 0 Å². The average molecular weight is 281 g/mol. The molecule has 1 atom stereocenters. The standard InChI is InChI=1S/C14H19NO5/c1-15(2,3)9-10(8-13(17)18)20-14(19)11-6-4-5-7-12(11)16/h4-7,10H,8-9H2,1-3H3,(H-,16,17,18,19). The first-order chi connectivity index (χ1) is 9.19. The van der Waals surface area contributed by atoms with Gasteiger partial charge < -0.3 is 24.2 Å². The molecule has 0 saturated carbocycles. The highest BCUT2D eigenvalue weighted by atomic mass is 16.5. The van der Waals surface area contributed by atoms with Gasteiger partial charge in [-0.1, -0.05) is 12.1 Å². The van der Waals surface area contributed by atoms with Gasteiger partial charge in [0.05, 0.1) is 21.1 Å². The quantitative estimate of drug-likeness (QED) is 0.574. The van der Waals surface area contributed by atoms with Crippen LogP contribution in [0, 0.1) is 0 Å². The Labute approximate surface area is 117 Å². The lowest BCUT2D eigenvalue weighted by atomic mass is 10.2. The molecule has 110 valence electrons. The van der Waals surface area contributed by atoms with Crippen molar-refractivity contribution in [1.82, 2.24) is 0 Å². The number of benzene rings is 1. The largest absolute Gasteiger partial charge is 0.550 e. The Hall–Kier alpha value is -2.08. The summed E-state index contributed by atoms with van der Waals surface area (Å²) < 4.78 is 5.61. The van der Waals surface area contributed by atoms with Gasteiger partial charge in [0, 0.05) is 12.4 Å². The Morgan fingerprint density at radius 2 is 1.90 bits per heavy atom. The van der Waals surface area contributed by atoms with Crippen molar-refractivity contribution in [3.05, 3.63) is 29.8 Å². The molecular weight excluding hydrogens is 262 g/mol. The minimum atomic E-state index is -1.28. The zero-order valence-electron chi connectivity index (χ0n) is 11.8. The molecule has 0 aliphatic heterocycles. The van der Waals surface area contributed by atoms with Crippen molar-refractivity contribution in [2.45, 2.75) is 12.5 Å². The summed E-state index contributed by atoms with van der Waals surface area (Å²) in [6.45, 7) is 0.327. The molecule has 0 aromatic heterocycles. The lowest BCUT2D eigenvalue weighted by Gasteiger charge is -2.29. The molecule has 0 fully saturated rings. The molecule has 20 heavy (non-hydrogen) atoms. The van der Waals surface area contributed by atoms with Crippen molar-refractivity contribution in [2.24, 2.45) is 0 Å². The zero-order valence-corrected chi connectivity index (χ0v) is 11.8. The van der Waals surface area contributed by atoms with Gasteiger partial charge in [0.15, 0.2) is 6.10 Å². The summed E-state index contributed by atoms with van der Waals surface area (Å²) in [5.74, 6) is -2.23. The number of carboxylic acid groups (broad SMARTS) is 1. The summed E-state index contributed by atoms with van der Waals surface area (Å²) in [6.07, 6.45) is -1.19. The fourth-order valence-electron chi connectivity index (χ4n) is 1.80. The van der Waals surface area contributed by atoms with Gasteiger partial charge in [-0.15, -0.1) is 0 Å². The van der Waals surface area contributed by atoms with Gasteiger partial charge in [-0.25, -0.2) is 4.79 Å². The molecule has 0 aliphatic carbocycles. The number of para-hydroxylation sites is 1. The highest BCUT2D eigenvalue weighted by Crippen LogP contribution is 2.18. The van der Waals surface area contributed by atoms with E-state index in [2.05, 4.69) is 0 Å². The second-order valence-corrected chi connectivity index (χ2v) is 5.59. The number of aromatic hydroxyl groups is 1. The number of esters is 1. The first kappa shape index (κ1) is 16.0. The molecule has 0 spiro atoms. The molecule has 0 amide bonds. The maximum absolute atomic E-state index is 11.9. The third-order valence-electron chi connectivity index (χ3n) is 2.54. The van der Waals surface area contributed by atoms with Crippen LogP contribution in [0.2, 0.25) is 0 Å². The number of likely N-dealkylation sites (N-methyl/N-ethyl adjacent to an activating group) is 1. The predicted octanol–water partition coefficient (Wildman–Crippen LogP) is -0.236. The number of ether oxygens (including phenoxy) is 1. The fourth-order valence-corrected chi connectivity index (χ4v) is 1.80. The van der Waals surface area contributed by atoms with Crippen LogP contribution in [0.15, 0.2) is 24.3 Å². The molecule has 0 saturated heterocycles. The van der Waals surface area contributed by atoms with Crippen molar-refractivity contribution in [1.29, 1.82) is 0 Å². The number of phenolic OH excluding ortho intramolecular Hbond substituents is 1. The number of hydrogen-bond donors (Lipinski definition) is 1. The highest BCUT2D eigenvalue weighted by Gasteiger charge is 2.24. The Kier molecular flexibility index (Phi) is 5.10.